The molecule has 2 aliphatic heterocycles. The van der Waals surface area contributed by atoms with Crippen molar-refractivity contribution in [2.45, 2.75) is 57.6 Å². The predicted molar refractivity (Wildman–Crippen MR) is 152 cm³/mol. The third kappa shape index (κ3) is 6.90. The van der Waals surface area contributed by atoms with Gasteiger partial charge < -0.3 is 23.9 Å². The fourth-order valence-electron chi connectivity index (χ4n) is 5.28. The Morgan fingerprint density at radius 3 is 2.65 bits per heavy atom. The van der Waals surface area contributed by atoms with Crippen LogP contribution in [0.15, 0.2) is 48.5 Å². The highest BCUT2D eigenvalue weighted by Crippen LogP contribution is 2.24. The lowest BCUT2D eigenvalue weighted by atomic mass is 10.1. The summed E-state index contributed by atoms with van der Waals surface area (Å²) in [6, 6.07) is 15.0. The molecule has 1 N–H and O–H groups in total. The molecule has 4 aromatic rings. The molecule has 1 aromatic carbocycles. The zero-order valence-corrected chi connectivity index (χ0v) is 23.5. The Hall–Kier alpha value is -4.60. The van der Waals surface area contributed by atoms with Crippen molar-refractivity contribution in [1.82, 2.24) is 24.4 Å². The van der Waals surface area contributed by atoms with E-state index in [1.165, 1.54) is 12.1 Å². The first kappa shape index (κ1) is 28.5. The second kappa shape index (κ2) is 12.7. The first-order chi connectivity index (χ1) is 20.9. The summed E-state index contributed by atoms with van der Waals surface area (Å²) >= 11 is 0. The third-order valence-corrected chi connectivity index (χ3v) is 7.65. The van der Waals surface area contributed by atoms with E-state index in [0.29, 0.717) is 36.0 Å². The normalized spacial score (nSPS) is 17.3. The Balaban J connectivity index is 1.06. The van der Waals surface area contributed by atoms with Crippen molar-refractivity contribution in [3.63, 3.8) is 0 Å². The van der Waals surface area contributed by atoms with E-state index in [1.54, 1.807) is 18.2 Å². The van der Waals surface area contributed by atoms with E-state index in [4.69, 9.17) is 24.5 Å². The van der Waals surface area contributed by atoms with Crippen LogP contribution in [0, 0.1) is 17.1 Å². The van der Waals surface area contributed by atoms with E-state index >= 15 is 0 Å². The summed E-state index contributed by atoms with van der Waals surface area (Å²) in [4.78, 5) is 27.6. The number of nitriles is 1. The summed E-state index contributed by atoms with van der Waals surface area (Å²) < 4.78 is 33.7. The van der Waals surface area contributed by atoms with Gasteiger partial charge in [-0.1, -0.05) is 6.07 Å². The number of halogens is 1. The van der Waals surface area contributed by atoms with Crippen LogP contribution in [-0.2, 0) is 35.6 Å². The van der Waals surface area contributed by atoms with Gasteiger partial charge in [-0.15, -0.1) is 0 Å². The summed E-state index contributed by atoms with van der Waals surface area (Å²) in [6.45, 7) is 3.72. The number of carboxylic acids is 1. The van der Waals surface area contributed by atoms with Crippen LogP contribution in [0.4, 0.5) is 4.39 Å². The molecule has 0 unspecified atom stereocenters. The summed E-state index contributed by atoms with van der Waals surface area (Å²) in [7, 11) is 0. The number of hydrogen-bond donors (Lipinski definition) is 1. The van der Waals surface area contributed by atoms with Crippen LogP contribution in [0.2, 0.25) is 0 Å². The number of carbonyl (C=O) groups is 1. The van der Waals surface area contributed by atoms with Crippen molar-refractivity contribution in [3.05, 3.63) is 77.1 Å². The van der Waals surface area contributed by atoms with Gasteiger partial charge in [0.05, 0.1) is 48.6 Å². The molecule has 6 rings (SSSR count). The van der Waals surface area contributed by atoms with Gasteiger partial charge in [0, 0.05) is 25.8 Å². The minimum absolute atomic E-state index is 0.00155. The number of carboxylic acid groups (broad SMARTS) is 1. The average molecular weight is 587 g/mol. The molecule has 0 spiro atoms. The summed E-state index contributed by atoms with van der Waals surface area (Å²) in [5.74, 6) is -0.0725. The highest BCUT2D eigenvalue weighted by Gasteiger charge is 2.26. The van der Waals surface area contributed by atoms with Gasteiger partial charge in [0.2, 0.25) is 5.88 Å². The molecule has 12 heteroatoms. The molecule has 2 aliphatic rings. The number of benzene rings is 1. The summed E-state index contributed by atoms with van der Waals surface area (Å²) in [5, 5.41) is 18.1. The number of aromatic nitrogens is 4. The van der Waals surface area contributed by atoms with Gasteiger partial charge in [-0.25, -0.2) is 19.3 Å². The number of imidazole rings is 1. The molecule has 2 fully saturated rings. The van der Waals surface area contributed by atoms with E-state index < -0.39 is 11.8 Å². The molecule has 5 heterocycles. The minimum Gasteiger partial charge on any atom is -0.484 e. The number of rotatable bonds is 11. The largest absolute Gasteiger partial charge is 0.484 e. The second-order valence-electron chi connectivity index (χ2n) is 10.7. The van der Waals surface area contributed by atoms with Gasteiger partial charge in [-0.2, -0.15) is 5.26 Å². The number of ether oxygens (including phenoxy) is 3. The molecule has 1 atom stereocenters. The first-order valence-corrected chi connectivity index (χ1v) is 14.3. The SMILES string of the molecule is N#Cc1ccc(OCc2cccc(OC3CCN(Cc4nc5ccc(CC(=O)O)nc5n4C[C@@H]4CCO4)CC3)n2)c(F)c1. The fourth-order valence-corrected chi connectivity index (χ4v) is 5.28. The minimum atomic E-state index is -0.917. The molecule has 0 aliphatic carbocycles. The Labute approximate surface area is 247 Å². The van der Waals surface area contributed by atoms with Crippen molar-refractivity contribution < 1.29 is 28.5 Å². The number of pyridine rings is 2. The lowest BCUT2D eigenvalue weighted by Gasteiger charge is -2.32. The molecule has 11 nitrogen and oxygen atoms in total. The van der Waals surface area contributed by atoms with Crippen LogP contribution in [0.3, 0.4) is 0 Å². The van der Waals surface area contributed by atoms with Crippen molar-refractivity contribution in [2.24, 2.45) is 0 Å². The van der Waals surface area contributed by atoms with Gasteiger partial charge in [-0.3, -0.25) is 9.69 Å². The van der Waals surface area contributed by atoms with Crippen LogP contribution < -0.4 is 9.47 Å². The van der Waals surface area contributed by atoms with Crippen molar-refractivity contribution in [2.75, 3.05) is 19.7 Å². The molecule has 3 aromatic heterocycles. The summed E-state index contributed by atoms with van der Waals surface area (Å²) in [5.41, 5.74) is 2.78. The van der Waals surface area contributed by atoms with Gasteiger partial charge in [0.15, 0.2) is 17.2 Å². The topological polar surface area (TPSA) is 136 Å². The van der Waals surface area contributed by atoms with Crippen molar-refractivity contribution in [3.8, 4) is 17.7 Å². The third-order valence-electron chi connectivity index (χ3n) is 7.65. The number of piperidine rings is 1. The molecule has 0 radical (unpaired) electrons. The van der Waals surface area contributed by atoms with E-state index in [9.17, 15) is 14.3 Å². The molecule has 0 bridgehead atoms. The quantitative estimate of drug-likeness (QED) is 0.276. The summed E-state index contributed by atoms with van der Waals surface area (Å²) in [6.07, 6.45) is 2.57. The zero-order chi connectivity index (χ0) is 29.8. The first-order valence-electron chi connectivity index (χ1n) is 14.3. The number of fused-ring (bicyclic) bond motifs is 1. The lowest BCUT2D eigenvalue weighted by Crippen LogP contribution is -2.39. The van der Waals surface area contributed by atoms with Gasteiger partial charge in [0.25, 0.3) is 0 Å². The number of hydrogen-bond acceptors (Lipinski definition) is 9. The Morgan fingerprint density at radius 2 is 1.93 bits per heavy atom. The molecule has 2 saturated heterocycles. The number of aliphatic carboxylic acids is 1. The lowest BCUT2D eigenvalue weighted by molar-refractivity contribution is -0.136. The van der Waals surface area contributed by atoms with E-state index in [-0.39, 0.29) is 36.5 Å². The van der Waals surface area contributed by atoms with Crippen LogP contribution in [0.25, 0.3) is 11.2 Å². The highest BCUT2D eigenvalue weighted by atomic mass is 19.1. The number of nitrogens with zero attached hydrogens (tertiary/aromatic N) is 6. The smallest absolute Gasteiger partial charge is 0.309 e. The molecular weight excluding hydrogens is 555 g/mol. The van der Waals surface area contributed by atoms with Gasteiger partial charge in [0.1, 0.15) is 24.1 Å². The Bertz CT molecular complexity index is 1660. The van der Waals surface area contributed by atoms with Gasteiger partial charge >= 0.3 is 5.97 Å². The highest BCUT2D eigenvalue weighted by molar-refractivity contribution is 5.74. The maximum absolute atomic E-state index is 14.1. The predicted octanol–water partition coefficient (Wildman–Crippen LogP) is 3.88. The standard InChI is InChI=1S/C31H31FN6O5/c32-25-14-20(16-33)4-7-27(25)42-19-22-2-1-3-29(34-22)43-23-8-11-37(12-9-23)18-28-36-26-6-5-21(15-30(39)40)35-31(26)38(28)17-24-10-13-41-24/h1-7,14,23-24H,8-13,15,17-19H2,(H,39,40)/t24-/m0/s1. The molecule has 222 valence electrons. The number of likely N-dealkylation sites (tertiary alicyclic amines) is 1. The van der Waals surface area contributed by atoms with Crippen LogP contribution >= 0.6 is 0 Å². The Morgan fingerprint density at radius 1 is 1.09 bits per heavy atom. The Kier molecular flexibility index (Phi) is 8.44. The fraction of sp³-hybridized carbons (Fsp3) is 0.387. The molecular formula is C31H31FN6O5. The molecule has 43 heavy (non-hydrogen) atoms. The molecule has 0 amide bonds. The maximum atomic E-state index is 14.1. The van der Waals surface area contributed by atoms with Gasteiger partial charge in [-0.05, 0) is 55.7 Å². The van der Waals surface area contributed by atoms with E-state index in [2.05, 4.69) is 19.4 Å². The average Bonchev–Trinajstić information content (AvgIpc) is 3.31. The van der Waals surface area contributed by atoms with Crippen molar-refractivity contribution in [1.29, 1.82) is 5.26 Å². The van der Waals surface area contributed by atoms with Crippen LogP contribution in [-0.4, -0.2) is 67.4 Å². The van der Waals surface area contributed by atoms with E-state index in [0.717, 1.165) is 56.4 Å². The van der Waals surface area contributed by atoms with E-state index in [1.807, 2.05) is 18.2 Å². The van der Waals surface area contributed by atoms with Crippen LogP contribution in [0.5, 0.6) is 11.6 Å². The molecule has 0 saturated carbocycles. The van der Waals surface area contributed by atoms with Crippen LogP contribution in [0.1, 0.15) is 42.0 Å². The van der Waals surface area contributed by atoms with Crippen molar-refractivity contribution >= 4 is 17.1 Å². The monoisotopic (exact) mass is 586 g/mol. The second-order valence-corrected chi connectivity index (χ2v) is 10.7. The maximum Gasteiger partial charge on any atom is 0.309 e. The zero-order valence-electron chi connectivity index (χ0n) is 23.5.